The van der Waals surface area contributed by atoms with E-state index in [1.165, 1.54) is 39.8 Å². The van der Waals surface area contributed by atoms with Crippen LogP contribution in [0, 0.1) is 11.8 Å². The fourth-order valence-corrected chi connectivity index (χ4v) is 6.71. The van der Waals surface area contributed by atoms with Crippen LogP contribution in [0.3, 0.4) is 0 Å². The molecular formula is C19H17N5O5S3. The van der Waals surface area contributed by atoms with Gasteiger partial charge in [0.1, 0.15) is 22.1 Å². The molecule has 2 aromatic rings. The summed E-state index contributed by atoms with van der Waals surface area (Å²) in [7, 11) is 0. The number of carbonyl (C=O) groups excluding carboxylic acids is 2. The number of benzene rings is 1. The van der Waals surface area contributed by atoms with Crippen molar-refractivity contribution in [2.24, 2.45) is 5.18 Å². The lowest BCUT2D eigenvalue weighted by molar-refractivity contribution is -0.150. The number of carboxylic acids is 1. The number of nitroso groups, excluding NO2 is 1. The zero-order chi connectivity index (χ0) is 22.8. The van der Waals surface area contributed by atoms with Crippen LogP contribution in [0.25, 0.3) is 0 Å². The number of nitrogens with one attached hydrogen (secondary N) is 1. The Bertz CT molecular complexity index is 1110. The van der Waals surface area contributed by atoms with Gasteiger partial charge < -0.3 is 10.4 Å². The first-order valence-corrected chi connectivity index (χ1v) is 12.3. The van der Waals surface area contributed by atoms with Gasteiger partial charge in [-0.05, 0) is 18.1 Å². The van der Waals surface area contributed by atoms with Gasteiger partial charge in [-0.15, -0.1) is 26.9 Å². The molecule has 10 nitrogen and oxygen atoms in total. The highest BCUT2D eigenvalue weighted by Gasteiger charge is 2.54. The van der Waals surface area contributed by atoms with Crippen molar-refractivity contribution in [2.75, 3.05) is 11.5 Å². The number of carbonyl (C=O) groups is 3. The molecule has 1 unspecified atom stereocenters. The highest BCUT2D eigenvalue weighted by atomic mass is 32.2. The van der Waals surface area contributed by atoms with Gasteiger partial charge in [0.05, 0.1) is 0 Å². The van der Waals surface area contributed by atoms with E-state index in [0.717, 1.165) is 9.35 Å². The molecule has 3 heterocycles. The second-order valence-electron chi connectivity index (χ2n) is 6.95. The number of rotatable bonds is 8. The third-order valence-electron chi connectivity index (χ3n) is 4.89. The van der Waals surface area contributed by atoms with E-state index >= 15 is 0 Å². The molecule has 2 amide bonds. The number of nitrogens with zero attached hydrogens (tertiary/aromatic N) is 4. The van der Waals surface area contributed by atoms with E-state index in [-0.39, 0.29) is 5.70 Å². The number of hydrogen-bond acceptors (Lipinski definition) is 10. The van der Waals surface area contributed by atoms with E-state index in [1.54, 1.807) is 30.3 Å². The molecule has 32 heavy (non-hydrogen) atoms. The number of β-lactam (4-membered cyclic amide) rings is 1. The lowest BCUT2D eigenvalue weighted by atomic mass is 10.0. The van der Waals surface area contributed by atoms with Crippen LogP contribution >= 0.6 is 34.9 Å². The molecule has 13 heteroatoms. The van der Waals surface area contributed by atoms with Crippen LogP contribution in [0.2, 0.25) is 0 Å². The molecule has 1 saturated heterocycles. The maximum absolute atomic E-state index is 12.8. The SMILES string of the molecule is Cc1nnc(SCC2=C(C(=O)O)N3C(=O)[C@@H](NC(=O)C(N=O)c4ccccc4)[C@@H]3SC2)s1. The Morgan fingerprint density at radius 3 is 2.72 bits per heavy atom. The van der Waals surface area contributed by atoms with Crippen LogP contribution in [0.4, 0.5) is 0 Å². The van der Waals surface area contributed by atoms with Crippen molar-refractivity contribution in [2.45, 2.75) is 28.7 Å². The van der Waals surface area contributed by atoms with Gasteiger partial charge in [0.25, 0.3) is 11.8 Å². The summed E-state index contributed by atoms with van der Waals surface area (Å²) in [5.41, 5.74) is 0.954. The highest BCUT2D eigenvalue weighted by Crippen LogP contribution is 2.42. The minimum absolute atomic E-state index is 0.0638. The monoisotopic (exact) mass is 491 g/mol. The summed E-state index contributed by atoms with van der Waals surface area (Å²) in [5, 5.41) is 23.4. The minimum Gasteiger partial charge on any atom is -0.477 e. The molecule has 1 aromatic heterocycles. The van der Waals surface area contributed by atoms with Crippen LogP contribution in [0.1, 0.15) is 16.6 Å². The number of thioether (sulfide) groups is 2. The number of aromatic nitrogens is 2. The molecule has 2 N–H and O–H groups in total. The molecule has 0 spiro atoms. The lowest BCUT2D eigenvalue weighted by Gasteiger charge is -2.49. The van der Waals surface area contributed by atoms with E-state index in [2.05, 4.69) is 20.7 Å². The van der Waals surface area contributed by atoms with E-state index < -0.39 is 35.2 Å². The van der Waals surface area contributed by atoms with Crippen LogP contribution in [-0.4, -0.2) is 60.9 Å². The summed E-state index contributed by atoms with van der Waals surface area (Å²) in [4.78, 5) is 49.8. The molecule has 2 aliphatic heterocycles. The molecule has 0 aliphatic carbocycles. The summed E-state index contributed by atoms with van der Waals surface area (Å²) in [6, 6.07) is 6.10. The van der Waals surface area contributed by atoms with Crippen molar-refractivity contribution in [1.29, 1.82) is 0 Å². The Morgan fingerprint density at radius 2 is 2.09 bits per heavy atom. The van der Waals surface area contributed by atoms with Crippen molar-refractivity contribution in [3.8, 4) is 0 Å². The first-order valence-electron chi connectivity index (χ1n) is 9.41. The maximum Gasteiger partial charge on any atom is 0.352 e. The second kappa shape index (κ2) is 9.38. The molecule has 166 valence electrons. The van der Waals surface area contributed by atoms with Gasteiger partial charge in [-0.2, -0.15) is 0 Å². The molecule has 1 fully saturated rings. The molecule has 0 bridgehead atoms. The van der Waals surface area contributed by atoms with Crippen molar-refractivity contribution < 1.29 is 19.5 Å². The van der Waals surface area contributed by atoms with Crippen LogP contribution in [0.15, 0.2) is 51.1 Å². The third kappa shape index (κ3) is 4.27. The fourth-order valence-electron chi connectivity index (χ4n) is 3.41. The van der Waals surface area contributed by atoms with Crippen LogP contribution < -0.4 is 5.32 Å². The summed E-state index contributed by atoms with van der Waals surface area (Å²) < 4.78 is 0.722. The molecule has 4 rings (SSSR count). The third-order valence-corrected chi connectivity index (χ3v) is 8.29. The lowest BCUT2D eigenvalue weighted by Crippen LogP contribution is -2.70. The predicted octanol–water partition coefficient (Wildman–Crippen LogP) is 2.18. The second-order valence-corrected chi connectivity index (χ2v) is 10.5. The van der Waals surface area contributed by atoms with Crippen LogP contribution in [0.5, 0.6) is 0 Å². The Morgan fingerprint density at radius 1 is 1.34 bits per heavy atom. The summed E-state index contributed by atoms with van der Waals surface area (Å²) in [6.45, 7) is 1.83. The van der Waals surface area contributed by atoms with E-state index in [9.17, 15) is 24.4 Å². The summed E-state index contributed by atoms with van der Waals surface area (Å²) >= 11 is 4.15. The topological polar surface area (TPSA) is 142 Å². The van der Waals surface area contributed by atoms with Gasteiger partial charge in [-0.1, -0.05) is 58.6 Å². The molecule has 0 saturated carbocycles. The summed E-state index contributed by atoms with van der Waals surface area (Å²) in [6.07, 6.45) is 0. The molecular weight excluding hydrogens is 474 g/mol. The normalized spacial score (nSPS) is 20.9. The van der Waals surface area contributed by atoms with E-state index in [0.29, 0.717) is 22.6 Å². The van der Waals surface area contributed by atoms with Gasteiger partial charge in [0.2, 0.25) is 0 Å². The quantitative estimate of drug-likeness (QED) is 0.323. The van der Waals surface area contributed by atoms with Crippen molar-refractivity contribution in [3.05, 3.63) is 57.1 Å². The number of amides is 2. The average molecular weight is 492 g/mol. The van der Waals surface area contributed by atoms with Crippen LogP contribution in [-0.2, 0) is 14.4 Å². The van der Waals surface area contributed by atoms with Crippen molar-refractivity contribution >= 4 is 52.6 Å². The average Bonchev–Trinajstić information content (AvgIpc) is 3.21. The van der Waals surface area contributed by atoms with Gasteiger partial charge in [-0.25, -0.2) is 4.79 Å². The Labute approximate surface area is 194 Å². The van der Waals surface area contributed by atoms with Gasteiger partial charge in [0, 0.05) is 11.5 Å². The van der Waals surface area contributed by atoms with E-state index in [1.807, 2.05) is 6.92 Å². The molecule has 0 radical (unpaired) electrons. The largest absolute Gasteiger partial charge is 0.477 e. The Balaban J connectivity index is 1.47. The smallest absolute Gasteiger partial charge is 0.352 e. The predicted molar refractivity (Wildman–Crippen MR) is 120 cm³/mol. The number of hydrogen-bond donors (Lipinski definition) is 2. The molecule has 1 aromatic carbocycles. The Kier molecular flexibility index (Phi) is 6.58. The standard InChI is InChI=1S/C19H17N5O5S3/c1-9-21-22-19(32-9)31-8-11-7-30-17-13(16(26)24(17)14(11)18(27)28)20-15(25)12(23-29)10-5-3-2-4-6-10/h2-6,12-13,17H,7-8H2,1H3,(H,20,25)(H,27,28)/t12?,13-,17+/m1/s1. The zero-order valence-electron chi connectivity index (χ0n) is 16.6. The van der Waals surface area contributed by atoms with Gasteiger partial charge in [-0.3, -0.25) is 14.5 Å². The van der Waals surface area contributed by atoms with E-state index in [4.69, 9.17) is 0 Å². The van der Waals surface area contributed by atoms with Crippen molar-refractivity contribution in [3.63, 3.8) is 0 Å². The number of fused-ring (bicyclic) bond motifs is 1. The maximum atomic E-state index is 12.8. The molecule has 2 aliphatic rings. The number of carboxylic acid groups (broad SMARTS) is 1. The minimum atomic E-state index is -1.29. The fraction of sp³-hybridized carbons (Fsp3) is 0.316. The Hall–Kier alpha value is -2.77. The number of aryl methyl sites for hydroxylation is 1. The highest BCUT2D eigenvalue weighted by molar-refractivity contribution is 8.01. The summed E-state index contributed by atoms with van der Waals surface area (Å²) in [5.74, 6) is -1.67. The zero-order valence-corrected chi connectivity index (χ0v) is 19.1. The molecule has 3 atom stereocenters. The first kappa shape index (κ1) is 22.4. The van der Waals surface area contributed by atoms with Gasteiger partial charge in [0.15, 0.2) is 10.4 Å². The van der Waals surface area contributed by atoms with Gasteiger partial charge >= 0.3 is 5.97 Å². The van der Waals surface area contributed by atoms with Crippen molar-refractivity contribution in [1.82, 2.24) is 20.4 Å². The first-order chi connectivity index (χ1) is 15.4. The number of aliphatic carboxylic acids is 1.